The maximum absolute atomic E-state index is 11.8. The summed E-state index contributed by atoms with van der Waals surface area (Å²) in [5.41, 5.74) is 5.17. The Morgan fingerprint density at radius 3 is 2.09 bits per heavy atom. The summed E-state index contributed by atoms with van der Waals surface area (Å²) in [6.07, 6.45) is 9.88. The summed E-state index contributed by atoms with van der Waals surface area (Å²) in [5, 5.41) is 11.1. The Hall–Kier alpha value is -1.59. The fraction of sp³-hybridized carbons (Fsp3) is 0.824. The molecule has 0 spiro atoms. The highest BCUT2D eigenvalue weighted by Gasteiger charge is 2.18. The number of carbonyl (C=O) groups excluding carboxylic acids is 2. The normalized spacial score (nSPS) is 12.4. The molecule has 0 aromatic rings. The number of carboxylic acid groups (broad SMARTS) is 1. The van der Waals surface area contributed by atoms with E-state index >= 15 is 0 Å². The summed E-state index contributed by atoms with van der Waals surface area (Å²) >= 11 is 0. The van der Waals surface area contributed by atoms with Crippen LogP contribution in [-0.4, -0.2) is 28.9 Å². The van der Waals surface area contributed by atoms with Crippen LogP contribution in [-0.2, 0) is 14.4 Å². The van der Waals surface area contributed by atoms with Gasteiger partial charge in [-0.25, -0.2) is 0 Å². The Balaban J connectivity index is 3.63. The Morgan fingerprint density at radius 1 is 1.00 bits per heavy atom. The highest BCUT2D eigenvalue weighted by Crippen LogP contribution is 2.10. The minimum atomic E-state index is -1.02. The molecule has 134 valence electrons. The largest absolute Gasteiger partial charge is 0.481 e. The zero-order valence-corrected chi connectivity index (χ0v) is 14.0. The van der Waals surface area contributed by atoms with Crippen molar-refractivity contribution in [3.8, 4) is 0 Å². The lowest BCUT2D eigenvalue weighted by Crippen LogP contribution is -2.44. The third kappa shape index (κ3) is 13.8. The standard InChI is InChI=1S/C17H32N2O4/c1-2-3-4-5-6-7-8-9-10-11-15(20)19-14(17(18)23)12-13-16(21)22/h14H,2-13H2,1H3,(H2,18,23)(H,19,20)(H,21,22)/t14-/m0/s1/i1D. The number of unbranched alkanes of at least 4 members (excludes halogenated alkanes) is 8. The Morgan fingerprint density at radius 2 is 1.57 bits per heavy atom. The number of hydrogen-bond donors (Lipinski definition) is 3. The van der Waals surface area contributed by atoms with Gasteiger partial charge in [-0.05, 0) is 12.8 Å². The molecule has 2 amide bonds. The lowest BCUT2D eigenvalue weighted by atomic mass is 10.1. The molecule has 0 bridgehead atoms. The average Bonchev–Trinajstić information content (AvgIpc) is 2.52. The molecule has 23 heavy (non-hydrogen) atoms. The molecule has 0 aromatic carbocycles. The fourth-order valence-corrected chi connectivity index (χ4v) is 2.34. The Labute approximate surface area is 140 Å². The van der Waals surface area contributed by atoms with E-state index in [0.29, 0.717) is 13.3 Å². The molecule has 0 heterocycles. The van der Waals surface area contributed by atoms with Crippen molar-refractivity contribution in [2.45, 2.75) is 90.0 Å². The van der Waals surface area contributed by atoms with Crippen LogP contribution in [0.5, 0.6) is 0 Å². The van der Waals surface area contributed by atoms with Gasteiger partial charge in [0, 0.05) is 14.2 Å². The molecular formula is C17H32N2O4. The van der Waals surface area contributed by atoms with E-state index in [-0.39, 0.29) is 18.7 Å². The maximum atomic E-state index is 11.8. The zero-order valence-electron chi connectivity index (χ0n) is 15.0. The molecule has 1 atom stereocenters. The Kier molecular flexibility index (Phi) is 11.9. The van der Waals surface area contributed by atoms with Crippen LogP contribution in [0.15, 0.2) is 0 Å². The van der Waals surface area contributed by atoms with Gasteiger partial charge in [-0.2, -0.15) is 0 Å². The molecule has 0 rings (SSSR count). The quantitative estimate of drug-likeness (QED) is 0.401. The highest BCUT2D eigenvalue weighted by atomic mass is 16.4. The zero-order chi connectivity index (χ0) is 18.2. The maximum Gasteiger partial charge on any atom is 0.303 e. The molecule has 0 aliphatic carbocycles. The number of aliphatic carboxylic acids is 1. The van der Waals surface area contributed by atoms with E-state index in [1.54, 1.807) is 0 Å². The molecule has 0 aliphatic heterocycles. The van der Waals surface area contributed by atoms with Crippen molar-refractivity contribution in [1.29, 1.82) is 0 Å². The van der Waals surface area contributed by atoms with Crippen molar-refractivity contribution >= 4 is 17.8 Å². The van der Waals surface area contributed by atoms with E-state index in [1.807, 2.05) is 0 Å². The molecule has 4 N–H and O–H groups in total. The van der Waals surface area contributed by atoms with Gasteiger partial charge in [-0.3, -0.25) is 14.4 Å². The molecule has 0 saturated carbocycles. The molecule has 0 saturated heterocycles. The molecule has 6 nitrogen and oxygen atoms in total. The average molecular weight is 329 g/mol. The molecule has 0 unspecified atom stereocenters. The van der Waals surface area contributed by atoms with Crippen molar-refractivity contribution in [2.24, 2.45) is 5.73 Å². The van der Waals surface area contributed by atoms with Gasteiger partial charge < -0.3 is 16.2 Å². The van der Waals surface area contributed by atoms with Crippen LogP contribution in [0.4, 0.5) is 0 Å². The van der Waals surface area contributed by atoms with E-state index < -0.39 is 17.9 Å². The monoisotopic (exact) mass is 329 g/mol. The third-order valence-corrected chi connectivity index (χ3v) is 3.73. The number of carboxylic acids is 1. The number of hydrogen-bond acceptors (Lipinski definition) is 3. The van der Waals surface area contributed by atoms with Gasteiger partial charge in [0.2, 0.25) is 11.8 Å². The highest BCUT2D eigenvalue weighted by molar-refractivity contribution is 5.86. The molecule has 6 heteroatoms. The van der Waals surface area contributed by atoms with Gasteiger partial charge >= 0.3 is 5.97 Å². The van der Waals surface area contributed by atoms with Crippen LogP contribution in [0.2, 0.25) is 0 Å². The van der Waals surface area contributed by atoms with Gasteiger partial charge in [0.05, 0.1) is 0 Å². The van der Waals surface area contributed by atoms with Gasteiger partial charge in [0.25, 0.3) is 0 Å². The first-order chi connectivity index (χ1) is 11.5. The molecule has 0 aromatic heterocycles. The van der Waals surface area contributed by atoms with Gasteiger partial charge in [-0.1, -0.05) is 58.3 Å². The minimum Gasteiger partial charge on any atom is -0.481 e. The van der Waals surface area contributed by atoms with E-state index in [2.05, 4.69) is 5.32 Å². The van der Waals surface area contributed by atoms with Gasteiger partial charge in [0.1, 0.15) is 6.04 Å². The van der Waals surface area contributed by atoms with Crippen molar-refractivity contribution < 1.29 is 20.9 Å². The van der Waals surface area contributed by atoms with Crippen LogP contribution in [0.1, 0.15) is 85.3 Å². The minimum absolute atomic E-state index is 0.0244. The second-order valence-corrected chi connectivity index (χ2v) is 5.89. The smallest absolute Gasteiger partial charge is 0.303 e. The SMILES string of the molecule is [2H]CCCCCCCCCCCC(=O)N[C@@H](CCC(=O)O)C(N)=O. The summed E-state index contributed by atoms with van der Waals surface area (Å²) in [4.78, 5) is 33.5. The number of rotatable bonds is 15. The van der Waals surface area contributed by atoms with Crippen LogP contribution in [0.25, 0.3) is 0 Å². The van der Waals surface area contributed by atoms with Crippen LogP contribution < -0.4 is 11.1 Å². The van der Waals surface area contributed by atoms with E-state index in [0.717, 1.165) is 38.5 Å². The number of carbonyl (C=O) groups is 3. The number of nitrogens with one attached hydrogen (secondary N) is 1. The topological polar surface area (TPSA) is 109 Å². The number of primary amides is 1. The summed E-state index contributed by atoms with van der Waals surface area (Å²) in [6.45, 7) is 0.523. The van der Waals surface area contributed by atoms with E-state index in [4.69, 9.17) is 12.2 Å². The van der Waals surface area contributed by atoms with Crippen LogP contribution in [0, 0.1) is 0 Å². The molecule has 0 aliphatic rings. The van der Waals surface area contributed by atoms with Crippen LogP contribution >= 0.6 is 0 Å². The van der Waals surface area contributed by atoms with Gasteiger partial charge in [-0.15, -0.1) is 0 Å². The van der Waals surface area contributed by atoms with E-state index in [1.165, 1.54) is 19.3 Å². The summed E-state index contributed by atoms with van der Waals surface area (Å²) in [5.74, 6) is -1.97. The first kappa shape index (κ1) is 19.5. The van der Waals surface area contributed by atoms with Crippen molar-refractivity contribution in [1.82, 2.24) is 5.32 Å². The fourth-order valence-electron chi connectivity index (χ4n) is 2.34. The second kappa shape index (κ2) is 14.0. The molecule has 0 radical (unpaired) electrons. The lowest BCUT2D eigenvalue weighted by Gasteiger charge is -2.14. The summed E-state index contributed by atoms with van der Waals surface area (Å²) < 4.78 is 7.05. The van der Waals surface area contributed by atoms with Gasteiger partial charge in [0.15, 0.2) is 0 Å². The van der Waals surface area contributed by atoms with Crippen molar-refractivity contribution in [3.05, 3.63) is 0 Å². The van der Waals surface area contributed by atoms with Crippen molar-refractivity contribution in [3.63, 3.8) is 0 Å². The third-order valence-electron chi connectivity index (χ3n) is 3.73. The number of amides is 2. The predicted molar refractivity (Wildman–Crippen MR) is 89.8 cm³/mol. The number of nitrogens with two attached hydrogens (primary N) is 1. The summed E-state index contributed by atoms with van der Waals surface area (Å²) in [7, 11) is 0. The predicted octanol–water partition coefficient (Wildman–Crippen LogP) is 2.74. The van der Waals surface area contributed by atoms with E-state index in [9.17, 15) is 14.4 Å². The first-order valence-electron chi connectivity index (χ1n) is 9.27. The summed E-state index contributed by atoms with van der Waals surface area (Å²) in [6, 6.07) is -0.905. The second-order valence-electron chi connectivity index (χ2n) is 5.89. The Bertz CT molecular complexity index is 378. The lowest BCUT2D eigenvalue weighted by molar-refractivity contribution is -0.137. The van der Waals surface area contributed by atoms with Crippen LogP contribution in [0.3, 0.4) is 0 Å². The molecule has 0 fully saturated rings. The first-order valence-corrected chi connectivity index (χ1v) is 8.57. The molecular weight excluding hydrogens is 296 g/mol. The van der Waals surface area contributed by atoms with Crippen molar-refractivity contribution in [2.75, 3.05) is 0 Å².